The van der Waals surface area contributed by atoms with Crippen molar-refractivity contribution in [1.82, 2.24) is 0 Å². The fraction of sp³-hybridized carbons (Fsp3) is 0.467. The van der Waals surface area contributed by atoms with Crippen molar-refractivity contribution in [2.75, 3.05) is 0 Å². The first kappa shape index (κ1) is 9.21. The van der Waals surface area contributed by atoms with Gasteiger partial charge in [0, 0.05) is 0 Å². The molecule has 0 heteroatoms. The van der Waals surface area contributed by atoms with Crippen molar-refractivity contribution in [2.24, 2.45) is 11.8 Å². The van der Waals surface area contributed by atoms with Crippen LogP contribution in [0.2, 0.25) is 0 Å². The molecule has 3 rings (SSSR count). The van der Waals surface area contributed by atoms with Gasteiger partial charge in [0.05, 0.1) is 0 Å². The maximum absolute atomic E-state index is 2.32. The third-order valence-corrected chi connectivity index (χ3v) is 4.15. The molecule has 78 valence electrons. The molecular formula is C15H18. The number of rotatable bonds is 2. The monoisotopic (exact) mass is 198 g/mol. The quantitative estimate of drug-likeness (QED) is 0.665. The van der Waals surface area contributed by atoms with E-state index in [-0.39, 0.29) is 0 Å². The maximum atomic E-state index is 2.32. The summed E-state index contributed by atoms with van der Waals surface area (Å²) >= 11 is 0. The minimum absolute atomic E-state index is 0.882. The Hall–Kier alpha value is -1.04. The first-order valence-electron chi connectivity index (χ1n) is 6.18. The second kappa shape index (κ2) is 3.52. The van der Waals surface area contributed by atoms with Crippen LogP contribution in [0.4, 0.5) is 0 Å². The molecule has 1 fully saturated rings. The average molecular weight is 198 g/mol. The third-order valence-electron chi connectivity index (χ3n) is 4.15. The molecule has 0 aliphatic heterocycles. The second-order valence-electron chi connectivity index (χ2n) is 4.87. The summed E-state index contributed by atoms with van der Waals surface area (Å²) in [5.74, 6) is 1.81. The molecule has 15 heavy (non-hydrogen) atoms. The van der Waals surface area contributed by atoms with Gasteiger partial charge in [-0.1, -0.05) is 42.8 Å². The van der Waals surface area contributed by atoms with E-state index in [2.05, 4.69) is 37.3 Å². The predicted octanol–water partition coefficient (Wildman–Crippen LogP) is 4.28. The summed E-state index contributed by atoms with van der Waals surface area (Å²) in [5.41, 5.74) is 4.95. The van der Waals surface area contributed by atoms with Gasteiger partial charge in [0.25, 0.3) is 0 Å². The summed E-state index contributed by atoms with van der Waals surface area (Å²) in [6, 6.07) is 11.0. The van der Waals surface area contributed by atoms with Crippen LogP contribution in [-0.4, -0.2) is 0 Å². The van der Waals surface area contributed by atoms with Crippen molar-refractivity contribution in [2.45, 2.75) is 32.6 Å². The highest BCUT2D eigenvalue weighted by atomic mass is 14.4. The molecular weight excluding hydrogens is 180 g/mol. The summed E-state index contributed by atoms with van der Waals surface area (Å²) in [6.07, 6.45) is 5.57. The maximum Gasteiger partial charge on any atom is -0.0150 e. The minimum atomic E-state index is 0.882. The Morgan fingerprint density at radius 2 is 1.80 bits per heavy atom. The first-order chi connectivity index (χ1) is 7.40. The van der Waals surface area contributed by atoms with Crippen LogP contribution in [0.25, 0.3) is 5.57 Å². The largest absolute Gasteiger partial charge is 0.0633 e. The Labute approximate surface area is 92.0 Å². The minimum Gasteiger partial charge on any atom is -0.0633 e. The van der Waals surface area contributed by atoms with Gasteiger partial charge in [-0.2, -0.15) is 0 Å². The van der Waals surface area contributed by atoms with E-state index < -0.39 is 0 Å². The molecule has 0 unspecified atom stereocenters. The third kappa shape index (κ3) is 1.35. The molecule has 0 radical (unpaired) electrons. The van der Waals surface area contributed by atoms with Gasteiger partial charge >= 0.3 is 0 Å². The van der Waals surface area contributed by atoms with E-state index in [0.717, 1.165) is 11.8 Å². The van der Waals surface area contributed by atoms with Gasteiger partial charge in [0.15, 0.2) is 0 Å². The summed E-state index contributed by atoms with van der Waals surface area (Å²) in [5, 5.41) is 0. The lowest BCUT2D eigenvalue weighted by Gasteiger charge is -2.19. The van der Waals surface area contributed by atoms with Crippen molar-refractivity contribution in [1.29, 1.82) is 0 Å². The number of benzene rings is 1. The van der Waals surface area contributed by atoms with Gasteiger partial charge < -0.3 is 0 Å². The Kier molecular flexibility index (Phi) is 2.16. The van der Waals surface area contributed by atoms with E-state index >= 15 is 0 Å². The molecule has 2 aliphatic carbocycles. The molecule has 0 heterocycles. The molecule has 0 saturated heterocycles. The van der Waals surface area contributed by atoms with E-state index in [1.54, 1.807) is 11.1 Å². The van der Waals surface area contributed by atoms with Crippen LogP contribution in [0.5, 0.6) is 0 Å². The lowest BCUT2D eigenvalue weighted by atomic mass is 9.86. The zero-order chi connectivity index (χ0) is 10.3. The molecule has 1 aromatic rings. The van der Waals surface area contributed by atoms with Crippen LogP contribution in [0.1, 0.15) is 38.2 Å². The molecule has 0 N–H and O–H groups in total. The number of hydrogen-bond donors (Lipinski definition) is 0. The van der Waals surface area contributed by atoms with Crippen LogP contribution in [0.15, 0.2) is 35.9 Å². The summed E-state index contributed by atoms with van der Waals surface area (Å²) in [4.78, 5) is 0. The normalized spacial score (nSPS) is 28.9. The van der Waals surface area contributed by atoms with Crippen LogP contribution in [-0.2, 0) is 0 Å². The number of allylic oxidation sites excluding steroid dienone is 2. The second-order valence-corrected chi connectivity index (χ2v) is 4.87. The SMILES string of the molecule is CCC1=C(c2ccccc2)[C@@H]2CC[C@H]1C2. The van der Waals surface area contributed by atoms with Crippen molar-refractivity contribution < 1.29 is 0 Å². The Morgan fingerprint density at radius 1 is 1.07 bits per heavy atom. The fourth-order valence-corrected chi connectivity index (χ4v) is 3.56. The van der Waals surface area contributed by atoms with E-state index in [9.17, 15) is 0 Å². The predicted molar refractivity (Wildman–Crippen MR) is 64.5 cm³/mol. The standard InChI is InChI=1S/C15H18/c1-2-14-12-8-9-13(10-12)15(14)11-6-4-3-5-7-11/h3-7,12-13H,2,8-10H2,1H3/t12-,13+/m0/s1. The van der Waals surface area contributed by atoms with Crippen molar-refractivity contribution in [3.05, 3.63) is 41.5 Å². The van der Waals surface area contributed by atoms with E-state index in [1.165, 1.54) is 31.2 Å². The lowest BCUT2D eigenvalue weighted by Crippen LogP contribution is -2.02. The molecule has 1 saturated carbocycles. The van der Waals surface area contributed by atoms with E-state index in [4.69, 9.17) is 0 Å². The topological polar surface area (TPSA) is 0 Å². The Balaban J connectivity index is 2.07. The molecule has 2 bridgehead atoms. The summed E-state index contributed by atoms with van der Waals surface area (Å²) in [7, 11) is 0. The molecule has 1 aromatic carbocycles. The highest BCUT2D eigenvalue weighted by Gasteiger charge is 2.38. The molecule has 2 atom stereocenters. The smallest absolute Gasteiger partial charge is 0.0150 e. The Morgan fingerprint density at radius 3 is 2.53 bits per heavy atom. The lowest BCUT2D eigenvalue weighted by molar-refractivity contribution is 0.637. The van der Waals surface area contributed by atoms with Gasteiger partial charge in [-0.25, -0.2) is 0 Å². The first-order valence-corrected chi connectivity index (χ1v) is 6.18. The van der Waals surface area contributed by atoms with E-state index in [1.807, 2.05) is 0 Å². The zero-order valence-corrected chi connectivity index (χ0v) is 9.37. The van der Waals surface area contributed by atoms with Gasteiger partial charge in [-0.05, 0) is 48.7 Å². The van der Waals surface area contributed by atoms with Gasteiger partial charge in [-0.15, -0.1) is 0 Å². The van der Waals surface area contributed by atoms with Gasteiger partial charge in [-0.3, -0.25) is 0 Å². The highest BCUT2D eigenvalue weighted by molar-refractivity contribution is 5.74. The van der Waals surface area contributed by atoms with Crippen molar-refractivity contribution in [3.8, 4) is 0 Å². The number of fused-ring (bicyclic) bond motifs is 2. The van der Waals surface area contributed by atoms with Crippen LogP contribution in [0.3, 0.4) is 0 Å². The van der Waals surface area contributed by atoms with Gasteiger partial charge in [0.1, 0.15) is 0 Å². The molecule has 0 spiro atoms. The fourth-order valence-electron chi connectivity index (χ4n) is 3.56. The average Bonchev–Trinajstić information content (AvgIpc) is 2.89. The van der Waals surface area contributed by atoms with Crippen LogP contribution >= 0.6 is 0 Å². The van der Waals surface area contributed by atoms with Crippen molar-refractivity contribution >= 4 is 5.57 Å². The molecule has 0 aromatic heterocycles. The van der Waals surface area contributed by atoms with E-state index in [0.29, 0.717) is 0 Å². The Bertz CT molecular complexity index is 386. The summed E-state index contributed by atoms with van der Waals surface area (Å²) in [6.45, 7) is 2.32. The van der Waals surface area contributed by atoms with Crippen molar-refractivity contribution in [3.63, 3.8) is 0 Å². The highest BCUT2D eigenvalue weighted by Crippen LogP contribution is 2.53. The number of hydrogen-bond acceptors (Lipinski definition) is 0. The van der Waals surface area contributed by atoms with Crippen LogP contribution < -0.4 is 0 Å². The zero-order valence-electron chi connectivity index (χ0n) is 9.37. The molecule has 2 aliphatic rings. The molecule has 0 nitrogen and oxygen atoms in total. The van der Waals surface area contributed by atoms with Gasteiger partial charge in [0.2, 0.25) is 0 Å². The van der Waals surface area contributed by atoms with Crippen LogP contribution in [0, 0.1) is 11.8 Å². The summed E-state index contributed by atoms with van der Waals surface area (Å²) < 4.78 is 0. The molecule has 0 amide bonds.